The van der Waals surface area contributed by atoms with Gasteiger partial charge >= 0.3 is 0 Å². The van der Waals surface area contributed by atoms with Crippen LogP contribution in [0.3, 0.4) is 0 Å². The van der Waals surface area contributed by atoms with Crippen LogP contribution in [0.15, 0.2) is 30.3 Å². The molecule has 1 aliphatic heterocycles. The van der Waals surface area contributed by atoms with Crippen molar-refractivity contribution in [1.82, 2.24) is 19.6 Å². The Kier molecular flexibility index (Phi) is 8.41. The zero-order valence-corrected chi connectivity index (χ0v) is 19.2. The first kappa shape index (κ1) is 23.9. The number of aryl methyl sites for hydroxylation is 2. The summed E-state index contributed by atoms with van der Waals surface area (Å²) < 4.78 is 15.0. The third-order valence-electron chi connectivity index (χ3n) is 5.38. The van der Waals surface area contributed by atoms with E-state index in [9.17, 15) is 14.0 Å². The third-order valence-corrected chi connectivity index (χ3v) is 5.78. The van der Waals surface area contributed by atoms with Crippen LogP contribution in [-0.2, 0) is 16.1 Å². The van der Waals surface area contributed by atoms with E-state index in [0.29, 0.717) is 37.0 Å². The molecule has 1 aromatic heterocycles. The summed E-state index contributed by atoms with van der Waals surface area (Å²) in [5.74, 6) is -0.695. The van der Waals surface area contributed by atoms with Crippen molar-refractivity contribution in [2.24, 2.45) is 0 Å². The average Bonchev–Trinajstić information content (AvgIpc) is 3.03. The molecule has 1 N–H and O–H groups in total. The number of anilines is 1. The summed E-state index contributed by atoms with van der Waals surface area (Å²) in [6.45, 7) is 7.17. The fourth-order valence-electron chi connectivity index (χ4n) is 3.57. The molecule has 1 aliphatic rings. The van der Waals surface area contributed by atoms with Crippen molar-refractivity contribution in [3.05, 3.63) is 52.6 Å². The van der Waals surface area contributed by atoms with Crippen LogP contribution in [0.5, 0.6) is 0 Å². The highest BCUT2D eigenvalue weighted by molar-refractivity contribution is 6.31. The van der Waals surface area contributed by atoms with Crippen LogP contribution in [0, 0.1) is 12.7 Å². The Morgan fingerprint density at radius 1 is 1.25 bits per heavy atom. The number of nitrogens with zero attached hydrogens (tertiary/aromatic N) is 4. The summed E-state index contributed by atoms with van der Waals surface area (Å²) in [5.41, 5.74) is 1.99. The number of benzene rings is 1. The molecule has 1 fully saturated rings. The van der Waals surface area contributed by atoms with Gasteiger partial charge in [0.15, 0.2) is 0 Å². The van der Waals surface area contributed by atoms with E-state index in [1.165, 1.54) is 18.2 Å². The number of amides is 2. The van der Waals surface area contributed by atoms with E-state index in [1.54, 1.807) is 27.8 Å². The molecular formula is C23H29ClFN5O2. The first-order valence-electron chi connectivity index (χ1n) is 10.8. The van der Waals surface area contributed by atoms with E-state index in [4.69, 9.17) is 11.6 Å². The Balaban J connectivity index is 1.48. The lowest BCUT2D eigenvalue weighted by atomic mass is 10.2. The molecule has 0 atom stereocenters. The molecule has 0 saturated carbocycles. The highest BCUT2D eigenvalue weighted by Crippen LogP contribution is 2.22. The van der Waals surface area contributed by atoms with Gasteiger partial charge in [-0.25, -0.2) is 4.39 Å². The summed E-state index contributed by atoms with van der Waals surface area (Å²) in [4.78, 5) is 28.5. The molecule has 3 rings (SSSR count). The van der Waals surface area contributed by atoms with Crippen LogP contribution >= 0.6 is 11.6 Å². The van der Waals surface area contributed by atoms with Gasteiger partial charge in [0.2, 0.25) is 11.8 Å². The highest BCUT2D eigenvalue weighted by atomic mass is 35.5. The first-order chi connectivity index (χ1) is 15.4. The SMILES string of the molecule is CCCCn1nc(C)c(/C=C/C(=O)N2CCN(CC(=O)Nc3cccc(F)c3)CC2)c1Cl. The van der Waals surface area contributed by atoms with Crippen molar-refractivity contribution in [1.29, 1.82) is 0 Å². The van der Waals surface area contributed by atoms with Gasteiger partial charge in [0.25, 0.3) is 0 Å². The summed E-state index contributed by atoms with van der Waals surface area (Å²) >= 11 is 6.43. The molecule has 0 bridgehead atoms. The van der Waals surface area contributed by atoms with Gasteiger partial charge in [0.05, 0.1) is 12.2 Å². The lowest BCUT2D eigenvalue weighted by molar-refractivity contribution is -0.127. The fraction of sp³-hybridized carbons (Fsp3) is 0.435. The summed E-state index contributed by atoms with van der Waals surface area (Å²) in [6.07, 6.45) is 5.31. The normalized spacial score (nSPS) is 14.8. The third kappa shape index (κ3) is 6.40. The Morgan fingerprint density at radius 3 is 2.69 bits per heavy atom. The van der Waals surface area contributed by atoms with Gasteiger partial charge in [-0.2, -0.15) is 5.10 Å². The number of hydrogen-bond donors (Lipinski definition) is 1. The molecule has 32 heavy (non-hydrogen) atoms. The average molecular weight is 462 g/mol. The second-order valence-electron chi connectivity index (χ2n) is 7.86. The maximum atomic E-state index is 13.2. The van der Waals surface area contributed by atoms with Crippen molar-refractivity contribution in [2.45, 2.75) is 33.2 Å². The van der Waals surface area contributed by atoms with Crippen LogP contribution in [0.2, 0.25) is 5.15 Å². The van der Waals surface area contributed by atoms with Gasteiger partial charge in [-0.05, 0) is 37.6 Å². The van der Waals surface area contributed by atoms with Crippen LogP contribution in [-0.4, -0.2) is 64.1 Å². The van der Waals surface area contributed by atoms with Crippen LogP contribution < -0.4 is 5.32 Å². The molecule has 1 aromatic carbocycles. The van der Waals surface area contributed by atoms with E-state index in [1.807, 2.05) is 11.8 Å². The number of carbonyl (C=O) groups excluding carboxylic acids is 2. The number of halogens is 2. The van der Waals surface area contributed by atoms with Gasteiger partial charge in [-0.1, -0.05) is 31.0 Å². The zero-order chi connectivity index (χ0) is 23.1. The molecule has 2 aromatic rings. The summed E-state index contributed by atoms with van der Waals surface area (Å²) in [5, 5.41) is 7.70. The molecule has 0 unspecified atom stereocenters. The maximum absolute atomic E-state index is 13.2. The number of hydrogen-bond acceptors (Lipinski definition) is 4. The Labute approximate surface area is 192 Å². The van der Waals surface area contributed by atoms with Gasteiger partial charge in [0.1, 0.15) is 11.0 Å². The molecule has 0 spiro atoms. The van der Waals surface area contributed by atoms with E-state index in [2.05, 4.69) is 17.3 Å². The van der Waals surface area contributed by atoms with E-state index < -0.39 is 5.82 Å². The van der Waals surface area contributed by atoms with Crippen LogP contribution in [0.25, 0.3) is 6.08 Å². The monoisotopic (exact) mass is 461 g/mol. The number of carbonyl (C=O) groups is 2. The second kappa shape index (κ2) is 11.2. The predicted molar refractivity (Wildman–Crippen MR) is 124 cm³/mol. The molecular weight excluding hydrogens is 433 g/mol. The lowest BCUT2D eigenvalue weighted by Gasteiger charge is -2.33. The first-order valence-corrected chi connectivity index (χ1v) is 11.2. The highest BCUT2D eigenvalue weighted by Gasteiger charge is 2.21. The van der Waals surface area contributed by atoms with E-state index >= 15 is 0 Å². The largest absolute Gasteiger partial charge is 0.337 e. The maximum Gasteiger partial charge on any atom is 0.246 e. The lowest BCUT2D eigenvalue weighted by Crippen LogP contribution is -2.50. The number of piperazine rings is 1. The molecule has 172 valence electrons. The summed E-state index contributed by atoms with van der Waals surface area (Å²) in [7, 11) is 0. The topological polar surface area (TPSA) is 70.5 Å². The minimum Gasteiger partial charge on any atom is -0.337 e. The van der Waals surface area contributed by atoms with E-state index in [0.717, 1.165) is 30.6 Å². The quantitative estimate of drug-likeness (QED) is 0.610. The minimum atomic E-state index is -0.396. The smallest absolute Gasteiger partial charge is 0.246 e. The Morgan fingerprint density at radius 2 is 2.00 bits per heavy atom. The molecule has 2 heterocycles. The fourth-order valence-corrected chi connectivity index (χ4v) is 3.89. The van der Waals surface area contributed by atoms with Crippen molar-refractivity contribution in [3.63, 3.8) is 0 Å². The van der Waals surface area contributed by atoms with Crippen molar-refractivity contribution >= 4 is 35.2 Å². The number of rotatable bonds is 8. The number of unbranched alkanes of at least 4 members (excludes halogenated alkanes) is 1. The van der Waals surface area contributed by atoms with Crippen molar-refractivity contribution in [2.75, 3.05) is 38.0 Å². The van der Waals surface area contributed by atoms with Crippen molar-refractivity contribution < 1.29 is 14.0 Å². The van der Waals surface area contributed by atoms with Crippen molar-refractivity contribution in [3.8, 4) is 0 Å². The summed E-state index contributed by atoms with van der Waals surface area (Å²) in [6, 6.07) is 5.80. The van der Waals surface area contributed by atoms with Crippen LogP contribution in [0.1, 0.15) is 31.0 Å². The van der Waals surface area contributed by atoms with Gasteiger partial charge in [-0.3, -0.25) is 19.2 Å². The minimum absolute atomic E-state index is 0.0920. The zero-order valence-electron chi connectivity index (χ0n) is 18.5. The molecule has 0 aliphatic carbocycles. The molecule has 7 nitrogen and oxygen atoms in total. The molecule has 1 saturated heterocycles. The standard InChI is InChI=1S/C23H29ClFN5O2/c1-3-4-10-30-23(24)20(17(2)27-30)8-9-22(32)29-13-11-28(12-14-29)16-21(31)26-19-7-5-6-18(25)15-19/h5-9,15H,3-4,10-14,16H2,1-2H3,(H,26,31)/b9-8+. The van der Waals surface area contributed by atoms with Gasteiger partial charge in [0, 0.05) is 50.1 Å². The van der Waals surface area contributed by atoms with Gasteiger partial charge in [-0.15, -0.1) is 0 Å². The Bertz CT molecular complexity index is 983. The van der Waals surface area contributed by atoms with Gasteiger partial charge < -0.3 is 10.2 Å². The second-order valence-corrected chi connectivity index (χ2v) is 8.22. The predicted octanol–water partition coefficient (Wildman–Crippen LogP) is 3.58. The van der Waals surface area contributed by atoms with Crippen LogP contribution in [0.4, 0.5) is 10.1 Å². The molecule has 0 radical (unpaired) electrons. The molecule has 2 amide bonds. The number of nitrogens with one attached hydrogen (secondary N) is 1. The Hall–Kier alpha value is -2.71. The molecule has 9 heteroatoms. The van der Waals surface area contributed by atoms with E-state index in [-0.39, 0.29) is 18.4 Å². The number of aromatic nitrogens is 2.